The van der Waals surface area contributed by atoms with E-state index < -0.39 is 0 Å². The normalized spacial score (nSPS) is 18.1. The molecule has 186 valence electrons. The van der Waals surface area contributed by atoms with Gasteiger partial charge in [-0.25, -0.2) is 0 Å². The second-order valence-electron chi connectivity index (χ2n) is 8.78. The molecule has 2 aromatic carbocycles. The average Bonchev–Trinajstić information content (AvgIpc) is 3.27. The molecular weight excluding hydrogens is 470 g/mol. The van der Waals surface area contributed by atoms with E-state index in [1.165, 1.54) is 0 Å². The summed E-state index contributed by atoms with van der Waals surface area (Å²) in [5, 5.41) is 0.425. The molecule has 2 heterocycles. The number of likely N-dealkylation sites (tertiary alicyclic amines) is 1. The molecule has 35 heavy (non-hydrogen) atoms. The molecule has 9 heteroatoms. The van der Waals surface area contributed by atoms with Crippen molar-refractivity contribution in [2.45, 2.75) is 12.8 Å². The summed E-state index contributed by atoms with van der Waals surface area (Å²) in [5.74, 6) is 0.817. The number of methoxy groups -OCH3 is 2. The Morgan fingerprint density at radius 2 is 1.66 bits per heavy atom. The van der Waals surface area contributed by atoms with Crippen LogP contribution in [-0.2, 0) is 16.0 Å². The van der Waals surface area contributed by atoms with Crippen molar-refractivity contribution >= 4 is 29.3 Å². The first-order valence-electron chi connectivity index (χ1n) is 11.7. The molecule has 0 unspecified atom stereocenters. The molecular formula is C26H30ClN3O5. The molecule has 2 aromatic rings. The number of hydrogen-bond donors (Lipinski definition) is 0. The van der Waals surface area contributed by atoms with Crippen LogP contribution in [0.1, 0.15) is 22.3 Å². The maximum Gasteiger partial charge on any atom is 0.255 e. The van der Waals surface area contributed by atoms with Gasteiger partial charge in [-0.05, 0) is 36.2 Å². The Morgan fingerprint density at radius 3 is 2.34 bits per heavy atom. The van der Waals surface area contributed by atoms with Gasteiger partial charge in [0.1, 0.15) is 0 Å². The van der Waals surface area contributed by atoms with Crippen molar-refractivity contribution in [3.05, 3.63) is 58.6 Å². The van der Waals surface area contributed by atoms with Crippen LogP contribution in [0, 0.1) is 5.92 Å². The lowest BCUT2D eigenvalue weighted by Crippen LogP contribution is -2.52. The second kappa shape index (κ2) is 11.0. The summed E-state index contributed by atoms with van der Waals surface area (Å²) in [6.07, 6.45) is 0.888. The number of nitrogens with zero attached hydrogens (tertiary/aromatic N) is 3. The lowest BCUT2D eigenvalue weighted by molar-refractivity contribution is -0.137. The molecule has 0 saturated carbocycles. The Bertz CT molecular complexity index is 1100. The first kappa shape index (κ1) is 24.9. The third-order valence-electron chi connectivity index (χ3n) is 6.66. The van der Waals surface area contributed by atoms with Crippen LogP contribution in [0.4, 0.5) is 0 Å². The van der Waals surface area contributed by atoms with Gasteiger partial charge < -0.3 is 24.2 Å². The minimum atomic E-state index is -0.348. The van der Waals surface area contributed by atoms with E-state index in [1.54, 1.807) is 53.2 Å². The Morgan fingerprint density at radius 1 is 0.971 bits per heavy atom. The van der Waals surface area contributed by atoms with Crippen LogP contribution >= 0.6 is 11.6 Å². The monoisotopic (exact) mass is 499 g/mol. The molecule has 0 aromatic heterocycles. The Kier molecular flexibility index (Phi) is 7.80. The summed E-state index contributed by atoms with van der Waals surface area (Å²) >= 11 is 6.16. The van der Waals surface area contributed by atoms with E-state index >= 15 is 0 Å². The van der Waals surface area contributed by atoms with Gasteiger partial charge in [0.05, 0.1) is 30.7 Å². The fourth-order valence-corrected chi connectivity index (χ4v) is 4.86. The summed E-state index contributed by atoms with van der Waals surface area (Å²) in [5.41, 5.74) is 1.50. The minimum absolute atomic E-state index is 0.00337. The largest absolute Gasteiger partial charge is 0.493 e. The Hall–Kier alpha value is -3.26. The summed E-state index contributed by atoms with van der Waals surface area (Å²) < 4.78 is 10.6. The first-order valence-corrected chi connectivity index (χ1v) is 12.1. The highest BCUT2D eigenvalue weighted by Gasteiger charge is 2.37. The third kappa shape index (κ3) is 5.53. The number of rotatable bonds is 7. The van der Waals surface area contributed by atoms with Crippen molar-refractivity contribution < 1.29 is 23.9 Å². The van der Waals surface area contributed by atoms with Crippen molar-refractivity contribution in [1.82, 2.24) is 14.7 Å². The molecule has 2 aliphatic rings. The van der Waals surface area contributed by atoms with Crippen LogP contribution in [-0.4, -0.2) is 85.9 Å². The predicted octanol–water partition coefficient (Wildman–Crippen LogP) is 2.73. The number of piperazine rings is 1. The summed E-state index contributed by atoms with van der Waals surface area (Å²) in [4.78, 5) is 43.7. The predicted molar refractivity (Wildman–Crippen MR) is 132 cm³/mol. The zero-order valence-corrected chi connectivity index (χ0v) is 20.8. The Labute approximate surface area is 210 Å². The number of amides is 3. The highest BCUT2D eigenvalue weighted by atomic mass is 35.5. The van der Waals surface area contributed by atoms with E-state index in [2.05, 4.69) is 0 Å². The standard InChI is InChI=1S/C26H30ClN3O5/c1-34-22-8-7-18(15-23(22)35-2)9-10-30-17-19(16-24(30)31)25(32)28-11-13-29(14-12-28)26(33)20-5-3-4-6-21(20)27/h3-8,15,19H,9-14,16-17H2,1-2H3/t19-/m1/s1. The molecule has 0 radical (unpaired) electrons. The lowest BCUT2D eigenvalue weighted by Gasteiger charge is -2.36. The van der Waals surface area contributed by atoms with Crippen LogP contribution in [0.2, 0.25) is 5.02 Å². The van der Waals surface area contributed by atoms with Crippen LogP contribution in [0.5, 0.6) is 11.5 Å². The molecule has 1 atom stereocenters. The fraction of sp³-hybridized carbons (Fsp3) is 0.423. The van der Waals surface area contributed by atoms with Crippen molar-refractivity contribution in [2.75, 3.05) is 53.5 Å². The van der Waals surface area contributed by atoms with Gasteiger partial charge in [-0.2, -0.15) is 0 Å². The number of benzene rings is 2. The van der Waals surface area contributed by atoms with Gasteiger partial charge in [0.15, 0.2) is 11.5 Å². The summed E-state index contributed by atoms with van der Waals surface area (Å²) in [6.45, 7) is 2.75. The topological polar surface area (TPSA) is 79.4 Å². The van der Waals surface area contributed by atoms with Crippen molar-refractivity contribution in [3.63, 3.8) is 0 Å². The quantitative estimate of drug-likeness (QED) is 0.585. The number of hydrogen-bond acceptors (Lipinski definition) is 5. The van der Waals surface area contributed by atoms with E-state index in [0.717, 1.165) is 5.56 Å². The fourth-order valence-electron chi connectivity index (χ4n) is 4.65. The number of carbonyl (C=O) groups is 3. The SMILES string of the molecule is COc1ccc(CCN2C[C@H](C(=O)N3CCN(C(=O)c4ccccc4Cl)CC3)CC2=O)cc1OC. The van der Waals surface area contributed by atoms with Gasteiger partial charge in [-0.1, -0.05) is 29.8 Å². The molecule has 2 saturated heterocycles. The van der Waals surface area contributed by atoms with Crippen LogP contribution < -0.4 is 9.47 Å². The van der Waals surface area contributed by atoms with Gasteiger partial charge in [-0.15, -0.1) is 0 Å². The molecule has 8 nitrogen and oxygen atoms in total. The van der Waals surface area contributed by atoms with Gasteiger partial charge in [-0.3, -0.25) is 14.4 Å². The van der Waals surface area contributed by atoms with Crippen LogP contribution in [0.15, 0.2) is 42.5 Å². The zero-order chi connectivity index (χ0) is 24.9. The van der Waals surface area contributed by atoms with Crippen LogP contribution in [0.3, 0.4) is 0 Å². The van der Waals surface area contributed by atoms with Crippen molar-refractivity contribution in [3.8, 4) is 11.5 Å². The smallest absolute Gasteiger partial charge is 0.255 e. The molecule has 0 spiro atoms. The highest BCUT2D eigenvalue weighted by Crippen LogP contribution is 2.28. The van der Waals surface area contributed by atoms with E-state index in [-0.39, 0.29) is 30.1 Å². The molecule has 3 amide bonds. The maximum absolute atomic E-state index is 13.1. The lowest BCUT2D eigenvalue weighted by atomic mass is 10.1. The van der Waals surface area contributed by atoms with E-state index in [0.29, 0.717) is 67.8 Å². The maximum atomic E-state index is 13.1. The molecule has 0 aliphatic carbocycles. The van der Waals surface area contributed by atoms with Gasteiger partial charge in [0, 0.05) is 45.7 Å². The zero-order valence-electron chi connectivity index (χ0n) is 20.0. The molecule has 4 rings (SSSR count). The van der Waals surface area contributed by atoms with Gasteiger partial charge in [0.2, 0.25) is 11.8 Å². The van der Waals surface area contributed by atoms with Crippen LogP contribution in [0.25, 0.3) is 0 Å². The van der Waals surface area contributed by atoms with E-state index in [4.69, 9.17) is 21.1 Å². The molecule has 2 fully saturated rings. The second-order valence-corrected chi connectivity index (χ2v) is 9.18. The van der Waals surface area contributed by atoms with E-state index in [1.807, 2.05) is 18.2 Å². The summed E-state index contributed by atoms with van der Waals surface area (Å²) in [6, 6.07) is 12.7. The van der Waals surface area contributed by atoms with Crippen molar-refractivity contribution in [1.29, 1.82) is 0 Å². The van der Waals surface area contributed by atoms with Crippen molar-refractivity contribution in [2.24, 2.45) is 5.92 Å². The summed E-state index contributed by atoms with van der Waals surface area (Å²) in [7, 11) is 3.18. The number of ether oxygens (including phenoxy) is 2. The Balaban J connectivity index is 1.28. The first-order chi connectivity index (χ1) is 16.9. The van der Waals surface area contributed by atoms with Gasteiger partial charge >= 0.3 is 0 Å². The third-order valence-corrected chi connectivity index (χ3v) is 6.99. The molecule has 0 bridgehead atoms. The number of halogens is 1. The molecule has 0 N–H and O–H groups in total. The minimum Gasteiger partial charge on any atom is -0.493 e. The van der Waals surface area contributed by atoms with E-state index in [9.17, 15) is 14.4 Å². The average molecular weight is 500 g/mol. The molecule has 2 aliphatic heterocycles. The number of carbonyl (C=O) groups excluding carboxylic acids is 3. The van der Waals surface area contributed by atoms with Gasteiger partial charge in [0.25, 0.3) is 5.91 Å². The highest BCUT2D eigenvalue weighted by molar-refractivity contribution is 6.33.